The monoisotopic (exact) mass is 522 g/mol. The predicted molar refractivity (Wildman–Crippen MR) is 174 cm³/mol. The molecule has 3 aromatic carbocycles. The number of aryl methyl sites for hydroxylation is 3. The molecule has 0 unspecified atom stereocenters. The largest absolute Gasteiger partial charge is 0.255 e. The molecule has 0 saturated carbocycles. The van der Waals surface area contributed by atoms with Crippen molar-refractivity contribution in [2.75, 3.05) is 0 Å². The van der Waals surface area contributed by atoms with Crippen LogP contribution in [0.5, 0.6) is 0 Å². The Morgan fingerprint density at radius 3 is 2.05 bits per heavy atom. The van der Waals surface area contributed by atoms with E-state index in [4.69, 9.17) is 9.98 Å². The van der Waals surface area contributed by atoms with Gasteiger partial charge in [-0.25, -0.2) is 0 Å². The standard InChI is InChI=1S/C37H50N2/c1-7-12-14-16-22-32-25-35(26-37(36(32)11-5)30-20-17-15-18-21-30)39-33(10-4)27-38-34-23-29(9-3)28(6)31(24-34)19-13-8-2/h15,17-18,20-21,23-27H,7-14,16,19,22H2,1-6H3. The maximum Gasteiger partial charge on any atom is 0.0642 e. The third-order valence-corrected chi connectivity index (χ3v) is 7.85. The summed E-state index contributed by atoms with van der Waals surface area (Å²) in [5.41, 5.74) is 12.9. The summed E-state index contributed by atoms with van der Waals surface area (Å²) in [6.07, 6.45) is 14.7. The molecule has 208 valence electrons. The maximum absolute atomic E-state index is 5.16. The van der Waals surface area contributed by atoms with E-state index in [-0.39, 0.29) is 0 Å². The van der Waals surface area contributed by atoms with Gasteiger partial charge in [0.2, 0.25) is 0 Å². The highest BCUT2D eigenvalue weighted by Gasteiger charge is 2.12. The van der Waals surface area contributed by atoms with E-state index in [9.17, 15) is 0 Å². The predicted octanol–water partition coefficient (Wildman–Crippen LogP) is 11.1. The summed E-state index contributed by atoms with van der Waals surface area (Å²) in [6, 6.07) is 20.0. The second-order valence-electron chi connectivity index (χ2n) is 10.7. The minimum atomic E-state index is 0.848. The molecule has 0 saturated heterocycles. The summed E-state index contributed by atoms with van der Waals surface area (Å²) in [6.45, 7) is 13.5. The summed E-state index contributed by atoms with van der Waals surface area (Å²) < 4.78 is 0. The second kappa shape index (κ2) is 16.2. The van der Waals surface area contributed by atoms with Crippen molar-refractivity contribution in [1.82, 2.24) is 0 Å². The van der Waals surface area contributed by atoms with Crippen molar-refractivity contribution in [3.63, 3.8) is 0 Å². The van der Waals surface area contributed by atoms with Crippen LogP contribution in [0.3, 0.4) is 0 Å². The van der Waals surface area contributed by atoms with Crippen LogP contribution in [-0.4, -0.2) is 11.9 Å². The molecule has 0 aliphatic rings. The second-order valence-corrected chi connectivity index (χ2v) is 10.7. The van der Waals surface area contributed by atoms with Crippen LogP contribution in [0.25, 0.3) is 11.1 Å². The van der Waals surface area contributed by atoms with Crippen LogP contribution in [0.15, 0.2) is 64.6 Å². The minimum Gasteiger partial charge on any atom is -0.255 e. The first kappa shape index (κ1) is 30.5. The zero-order valence-corrected chi connectivity index (χ0v) is 25.4. The van der Waals surface area contributed by atoms with Gasteiger partial charge < -0.3 is 0 Å². The molecule has 3 aromatic rings. The van der Waals surface area contributed by atoms with Crippen LogP contribution < -0.4 is 0 Å². The Labute approximate surface area is 238 Å². The van der Waals surface area contributed by atoms with Crippen LogP contribution in [-0.2, 0) is 25.7 Å². The number of hydrogen-bond acceptors (Lipinski definition) is 2. The molecule has 0 aliphatic heterocycles. The first-order valence-electron chi connectivity index (χ1n) is 15.5. The third-order valence-electron chi connectivity index (χ3n) is 7.85. The zero-order chi connectivity index (χ0) is 28.0. The van der Waals surface area contributed by atoms with Crippen LogP contribution in [0.4, 0.5) is 11.4 Å². The molecule has 2 heteroatoms. The Bertz CT molecular complexity index is 1230. The molecular weight excluding hydrogens is 472 g/mol. The zero-order valence-electron chi connectivity index (χ0n) is 25.4. The molecule has 0 radical (unpaired) electrons. The fourth-order valence-electron chi connectivity index (χ4n) is 5.44. The molecule has 2 nitrogen and oxygen atoms in total. The van der Waals surface area contributed by atoms with Crippen LogP contribution in [0, 0.1) is 6.92 Å². The van der Waals surface area contributed by atoms with E-state index < -0.39 is 0 Å². The Balaban J connectivity index is 2.00. The van der Waals surface area contributed by atoms with E-state index in [1.807, 2.05) is 6.21 Å². The van der Waals surface area contributed by atoms with E-state index in [1.54, 1.807) is 0 Å². The summed E-state index contributed by atoms with van der Waals surface area (Å²) in [5, 5.41) is 0. The highest BCUT2D eigenvalue weighted by Crippen LogP contribution is 2.33. The van der Waals surface area contributed by atoms with Crippen molar-refractivity contribution < 1.29 is 0 Å². The van der Waals surface area contributed by atoms with Gasteiger partial charge in [0, 0.05) is 6.21 Å². The highest BCUT2D eigenvalue weighted by molar-refractivity contribution is 6.31. The Hall–Kier alpha value is -3.00. The average molecular weight is 523 g/mol. The van der Waals surface area contributed by atoms with Gasteiger partial charge in [0.1, 0.15) is 0 Å². The van der Waals surface area contributed by atoms with Crippen molar-refractivity contribution in [3.05, 3.63) is 82.4 Å². The molecular formula is C37H50N2. The Morgan fingerprint density at radius 1 is 0.692 bits per heavy atom. The SMILES string of the molecule is CCCCCCc1cc(N=C(C=Nc2cc(CC)c(C)c(CCCC)c2)CC)cc(-c2ccccc2)c1CC. The minimum absolute atomic E-state index is 0.848. The van der Waals surface area contributed by atoms with E-state index in [2.05, 4.69) is 96.1 Å². The lowest BCUT2D eigenvalue weighted by atomic mass is 9.90. The molecule has 0 heterocycles. The first-order chi connectivity index (χ1) is 19.0. The van der Waals surface area contributed by atoms with E-state index >= 15 is 0 Å². The smallest absolute Gasteiger partial charge is 0.0642 e. The van der Waals surface area contributed by atoms with E-state index in [0.717, 1.165) is 49.2 Å². The lowest BCUT2D eigenvalue weighted by molar-refractivity contribution is 0.665. The lowest BCUT2D eigenvalue weighted by Gasteiger charge is -2.16. The molecule has 0 fully saturated rings. The van der Waals surface area contributed by atoms with Gasteiger partial charge in [-0.05, 0) is 115 Å². The Kier molecular flexibility index (Phi) is 12.7. The van der Waals surface area contributed by atoms with Gasteiger partial charge in [-0.2, -0.15) is 0 Å². The quantitative estimate of drug-likeness (QED) is 0.140. The van der Waals surface area contributed by atoms with Crippen LogP contribution in [0.2, 0.25) is 0 Å². The maximum atomic E-state index is 5.16. The third kappa shape index (κ3) is 8.75. The van der Waals surface area contributed by atoms with Gasteiger partial charge in [0.25, 0.3) is 0 Å². The molecule has 0 aliphatic carbocycles. The van der Waals surface area contributed by atoms with E-state index in [0.29, 0.717) is 0 Å². The number of benzene rings is 3. The fourth-order valence-corrected chi connectivity index (χ4v) is 5.44. The molecule has 3 rings (SSSR count). The van der Waals surface area contributed by atoms with Gasteiger partial charge >= 0.3 is 0 Å². The van der Waals surface area contributed by atoms with E-state index in [1.165, 1.54) is 77.5 Å². The van der Waals surface area contributed by atoms with Gasteiger partial charge in [0.15, 0.2) is 0 Å². The van der Waals surface area contributed by atoms with Crippen molar-refractivity contribution in [3.8, 4) is 11.1 Å². The summed E-state index contributed by atoms with van der Waals surface area (Å²) >= 11 is 0. The summed E-state index contributed by atoms with van der Waals surface area (Å²) in [4.78, 5) is 10.1. The van der Waals surface area contributed by atoms with Crippen LogP contribution in [0.1, 0.15) is 107 Å². The van der Waals surface area contributed by atoms with Crippen LogP contribution >= 0.6 is 0 Å². The molecule has 0 spiro atoms. The van der Waals surface area contributed by atoms with Gasteiger partial charge in [-0.3, -0.25) is 9.98 Å². The molecule has 0 amide bonds. The number of nitrogens with zero attached hydrogens (tertiary/aromatic N) is 2. The average Bonchev–Trinajstić information content (AvgIpc) is 2.97. The number of unbranched alkanes of at least 4 members (excludes halogenated alkanes) is 4. The first-order valence-corrected chi connectivity index (χ1v) is 15.5. The van der Waals surface area contributed by atoms with Gasteiger partial charge in [-0.1, -0.05) is 90.6 Å². The lowest BCUT2D eigenvalue weighted by Crippen LogP contribution is -2.00. The normalized spacial score (nSPS) is 12.0. The molecule has 39 heavy (non-hydrogen) atoms. The fraction of sp³-hybridized carbons (Fsp3) is 0.459. The van der Waals surface area contributed by atoms with Gasteiger partial charge in [0.05, 0.1) is 17.1 Å². The number of aliphatic imine (C=N–C) groups is 2. The van der Waals surface area contributed by atoms with Gasteiger partial charge in [-0.15, -0.1) is 0 Å². The van der Waals surface area contributed by atoms with Crippen molar-refractivity contribution in [2.24, 2.45) is 9.98 Å². The molecule has 0 atom stereocenters. The number of rotatable bonds is 15. The Morgan fingerprint density at radius 2 is 1.38 bits per heavy atom. The van der Waals surface area contributed by atoms with Crippen molar-refractivity contribution in [2.45, 2.75) is 112 Å². The topological polar surface area (TPSA) is 24.7 Å². The highest BCUT2D eigenvalue weighted by atomic mass is 14.8. The van der Waals surface area contributed by atoms with Crippen molar-refractivity contribution >= 4 is 23.3 Å². The number of hydrogen-bond donors (Lipinski definition) is 0. The summed E-state index contributed by atoms with van der Waals surface area (Å²) in [5.74, 6) is 0. The van der Waals surface area contributed by atoms with Crippen molar-refractivity contribution in [1.29, 1.82) is 0 Å². The molecule has 0 N–H and O–H groups in total. The molecule has 0 aromatic heterocycles. The summed E-state index contributed by atoms with van der Waals surface area (Å²) in [7, 11) is 0. The molecule has 0 bridgehead atoms.